The molecule has 0 saturated carbocycles. The quantitative estimate of drug-likeness (QED) is 0.910. The van der Waals surface area contributed by atoms with Crippen LogP contribution >= 0.6 is 22.9 Å². The summed E-state index contributed by atoms with van der Waals surface area (Å²) in [5, 5.41) is 4.26. The van der Waals surface area contributed by atoms with Crippen molar-refractivity contribution in [1.82, 2.24) is 4.98 Å². The van der Waals surface area contributed by atoms with Crippen molar-refractivity contribution in [3.63, 3.8) is 0 Å². The molecule has 0 unspecified atom stereocenters. The number of nitrogens with one attached hydrogen (secondary N) is 1. The lowest BCUT2D eigenvalue weighted by Crippen LogP contribution is -2.17. The van der Waals surface area contributed by atoms with Crippen LogP contribution in [0, 0.1) is 0 Å². The second-order valence-corrected chi connectivity index (χ2v) is 6.28. The Balaban J connectivity index is 1.76. The molecule has 0 bridgehead atoms. The summed E-state index contributed by atoms with van der Waals surface area (Å²) in [7, 11) is 0. The van der Waals surface area contributed by atoms with Crippen LogP contribution in [0.3, 0.4) is 0 Å². The van der Waals surface area contributed by atoms with Crippen molar-refractivity contribution >= 4 is 45.5 Å². The van der Waals surface area contributed by atoms with Gasteiger partial charge in [-0.1, -0.05) is 22.9 Å². The van der Waals surface area contributed by atoms with Crippen molar-refractivity contribution in [2.75, 3.05) is 29.0 Å². The van der Waals surface area contributed by atoms with Crippen molar-refractivity contribution in [1.29, 1.82) is 0 Å². The van der Waals surface area contributed by atoms with E-state index in [0.29, 0.717) is 15.6 Å². The van der Waals surface area contributed by atoms with Gasteiger partial charge in [0.05, 0.1) is 0 Å². The normalized spacial score (nSPS) is 14.4. The van der Waals surface area contributed by atoms with Crippen LogP contribution in [0.5, 0.6) is 0 Å². The first kappa shape index (κ1) is 14.2. The minimum atomic E-state index is -0.238. The number of carbonyl (C=O) groups excluding carboxylic acids is 1. The van der Waals surface area contributed by atoms with Crippen molar-refractivity contribution < 1.29 is 4.79 Å². The van der Waals surface area contributed by atoms with Gasteiger partial charge in [0.1, 0.15) is 10.7 Å². The monoisotopic (exact) mass is 322 g/mol. The summed E-state index contributed by atoms with van der Waals surface area (Å²) in [5.74, 6) is 0.0473. The fraction of sp³-hybridized carbons (Fsp3) is 0.286. The van der Waals surface area contributed by atoms with E-state index in [1.165, 1.54) is 11.3 Å². The molecule has 2 aromatic rings. The number of hydrogen-bond donors (Lipinski definition) is 2. The number of nitrogen functional groups attached to an aromatic ring is 1. The van der Waals surface area contributed by atoms with E-state index in [0.717, 1.165) is 31.1 Å². The summed E-state index contributed by atoms with van der Waals surface area (Å²) in [5.41, 5.74) is 6.56. The summed E-state index contributed by atoms with van der Waals surface area (Å²) in [6.45, 7) is 1.95. The van der Waals surface area contributed by atoms with E-state index in [9.17, 15) is 4.79 Å². The molecule has 1 amide bonds. The summed E-state index contributed by atoms with van der Waals surface area (Å²) < 4.78 is 0. The fourth-order valence-electron chi connectivity index (χ4n) is 2.25. The maximum absolute atomic E-state index is 12.3. The van der Waals surface area contributed by atoms with Crippen LogP contribution in [0.25, 0.3) is 0 Å². The highest BCUT2D eigenvalue weighted by Crippen LogP contribution is 2.30. The fourth-order valence-corrected chi connectivity index (χ4v) is 3.31. The van der Waals surface area contributed by atoms with Crippen LogP contribution in [0.4, 0.5) is 16.6 Å². The zero-order valence-electron chi connectivity index (χ0n) is 11.3. The van der Waals surface area contributed by atoms with Gasteiger partial charge in [0.25, 0.3) is 5.91 Å². The molecule has 1 fully saturated rings. The van der Waals surface area contributed by atoms with Crippen molar-refractivity contribution in [2.24, 2.45) is 0 Å². The Hall–Kier alpha value is -1.79. The topological polar surface area (TPSA) is 71.2 Å². The predicted molar refractivity (Wildman–Crippen MR) is 87.4 cm³/mol. The van der Waals surface area contributed by atoms with Crippen molar-refractivity contribution in [3.8, 4) is 0 Å². The second kappa shape index (κ2) is 5.91. The third kappa shape index (κ3) is 3.11. The number of anilines is 3. The minimum Gasteiger partial charge on any atom is -0.382 e. The van der Waals surface area contributed by atoms with E-state index in [1.807, 2.05) is 0 Å². The molecule has 0 atom stereocenters. The van der Waals surface area contributed by atoms with Gasteiger partial charge < -0.3 is 16.0 Å². The van der Waals surface area contributed by atoms with Crippen LogP contribution in [-0.2, 0) is 0 Å². The number of nitrogens with two attached hydrogens (primary N) is 1. The molecule has 0 aliphatic carbocycles. The number of halogens is 1. The van der Waals surface area contributed by atoms with Crippen LogP contribution in [0.1, 0.15) is 22.5 Å². The Morgan fingerprint density at radius 3 is 2.62 bits per heavy atom. The first-order chi connectivity index (χ1) is 10.1. The molecule has 0 spiro atoms. The summed E-state index contributed by atoms with van der Waals surface area (Å²) >= 11 is 7.16. The molecule has 1 aliphatic rings. The Labute approximate surface area is 131 Å². The molecule has 7 heteroatoms. The molecule has 2 heterocycles. The van der Waals surface area contributed by atoms with Gasteiger partial charge in [-0.25, -0.2) is 4.98 Å². The zero-order chi connectivity index (χ0) is 14.8. The number of hydrogen-bond acceptors (Lipinski definition) is 5. The van der Waals surface area contributed by atoms with Gasteiger partial charge in [-0.2, -0.15) is 0 Å². The highest BCUT2D eigenvalue weighted by atomic mass is 35.5. The summed E-state index contributed by atoms with van der Waals surface area (Å²) in [6.07, 6.45) is 2.32. The molecule has 3 N–H and O–H groups in total. The predicted octanol–water partition coefficient (Wildman–Crippen LogP) is 3.23. The number of aromatic nitrogens is 1. The molecular weight excluding hydrogens is 308 g/mol. The number of carbonyl (C=O) groups is 1. The molecule has 3 rings (SSSR count). The number of nitrogens with zero attached hydrogens (tertiary/aromatic N) is 2. The molecule has 21 heavy (non-hydrogen) atoms. The maximum Gasteiger partial charge on any atom is 0.269 e. The van der Waals surface area contributed by atoms with E-state index >= 15 is 0 Å². The third-order valence-corrected chi connectivity index (χ3v) is 4.71. The second-order valence-electron chi connectivity index (χ2n) is 4.87. The molecule has 5 nitrogen and oxygen atoms in total. The van der Waals surface area contributed by atoms with Gasteiger partial charge in [-0.3, -0.25) is 4.79 Å². The first-order valence-corrected chi connectivity index (χ1v) is 7.91. The van der Waals surface area contributed by atoms with Crippen LogP contribution < -0.4 is 16.0 Å². The lowest BCUT2D eigenvalue weighted by Gasteiger charge is -2.11. The van der Waals surface area contributed by atoms with Gasteiger partial charge in [0.2, 0.25) is 0 Å². The highest BCUT2D eigenvalue weighted by molar-refractivity contribution is 7.18. The van der Waals surface area contributed by atoms with Crippen molar-refractivity contribution in [3.05, 3.63) is 34.2 Å². The van der Waals surface area contributed by atoms with Crippen LogP contribution in [0.2, 0.25) is 5.02 Å². The Morgan fingerprint density at radius 2 is 1.95 bits per heavy atom. The van der Waals surface area contributed by atoms with E-state index < -0.39 is 0 Å². The van der Waals surface area contributed by atoms with Gasteiger partial charge in [0, 0.05) is 23.8 Å². The van der Waals surface area contributed by atoms with Crippen LogP contribution in [-0.4, -0.2) is 24.0 Å². The summed E-state index contributed by atoms with van der Waals surface area (Å²) in [6, 6.07) is 6.95. The van der Waals surface area contributed by atoms with Gasteiger partial charge in [-0.05, 0) is 37.1 Å². The average Bonchev–Trinajstić information content (AvgIpc) is 3.10. The number of rotatable bonds is 3. The molecule has 1 aliphatic heterocycles. The number of benzene rings is 1. The first-order valence-electron chi connectivity index (χ1n) is 6.71. The molecular formula is C14H15ClN4OS. The molecule has 1 saturated heterocycles. The van der Waals surface area contributed by atoms with Gasteiger partial charge >= 0.3 is 0 Å². The minimum absolute atomic E-state index is 0.238. The zero-order valence-corrected chi connectivity index (χ0v) is 12.9. The Morgan fingerprint density at radius 1 is 1.29 bits per heavy atom. The van der Waals surface area contributed by atoms with Gasteiger partial charge in [-0.15, -0.1) is 0 Å². The smallest absolute Gasteiger partial charge is 0.269 e. The number of amides is 1. The van der Waals surface area contributed by atoms with Crippen LogP contribution in [0.15, 0.2) is 24.3 Å². The van der Waals surface area contributed by atoms with E-state index in [2.05, 4.69) is 15.2 Å². The molecule has 0 radical (unpaired) electrons. The lowest BCUT2D eigenvalue weighted by molar-refractivity contribution is 0.103. The molecule has 110 valence electrons. The Kier molecular flexibility index (Phi) is 3.98. The number of thiazole rings is 1. The average molecular weight is 323 g/mol. The molecule has 1 aromatic carbocycles. The largest absolute Gasteiger partial charge is 0.382 e. The van der Waals surface area contributed by atoms with E-state index in [4.69, 9.17) is 17.3 Å². The van der Waals surface area contributed by atoms with Crippen molar-refractivity contribution in [2.45, 2.75) is 12.8 Å². The van der Waals surface area contributed by atoms with E-state index in [-0.39, 0.29) is 11.7 Å². The Bertz CT molecular complexity index is 649. The summed E-state index contributed by atoms with van der Waals surface area (Å²) in [4.78, 5) is 19.2. The molecule has 1 aromatic heterocycles. The third-order valence-electron chi connectivity index (χ3n) is 3.33. The lowest BCUT2D eigenvalue weighted by atomic mass is 10.3. The van der Waals surface area contributed by atoms with E-state index in [1.54, 1.807) is 24.3 Å². The van der Waals surface area contributed by atoms with Gasteiger partial charge in [0.15, 0.2) is 5.13 Å². The standard InChI is InChI=1S/C14H15ClN4OS/c15-9-3-5-10(6-4-9)17-13(20)11-12(16)18-14(21-11)19-7-1-2-8-19/h3-6H,1-2,7-8,16H2,(H,17,20). The maximum atomic E-state index is 12.3. The SMILES string of the molecule is Nc1nc(N2CCCC2)sc1C(=O)Nc1ccc(Cl)cc1. The highest BCUT2D eigenvalue weighted by Gasteiger charge is 2.21.